The third-order valence-corrected chi connectivity index (χ3v) is 3.05. The molecule has 0 aliphatic carbocycles. The lowest BCUT2D eigenvalue weighted by Gasteiger charge is -2.20. The van der Waals surface area contributed by atoms with E-state index >= 15 is 0 Å². The van der Waals surface area contributed by atoms with Crippen molar-refractivity contribution in [3.63, 3.8) is 0 Å². The number of rotatable bonds is 4. The molecule has 1 aliphatic rings. The van der Waals surface area contributed by atoms with Crippen LogP contribution in [0.2, 0.25) is 0 Å². The van der Waals surface area contributed by atoms with Crippen LogP contribution < -0.4 is 16.6 Å². The van der Waals surface area contributed by atoms with Crippen LogP contribution in [0.4, 0.5) is 16.2 Å². The summed E-state index contributed by atoms with van der Waals surface area (Å²) in [6.45, 7) is 1.77. The van der Waals surface area contributed by atoms with Crippen molar-refractivity contribution in [1.82, 2.24) is 14.9 Å². The SMILES string of the molecule is CN1CCCC1CNc1nc(NN)ncc1F. The lowest BCUT2D eigenvalue weighted by molar-refractivity contribution is 0.322. The zero-order valence-corrected chi connectivity index (χ0v) is 9.78. The van der Waals surface area contributed by atoms with Gasteiger partial charge < -0.3 is 10.2 Å². The number of anilines is 2. The highest BCUT2D eigenvalue weighted by molar-refractivity contribution is 5.40. The van der Waals surface area contributed by atoms with Gasteiger partial charge in [-0.15, -0.1) is 0 Å². The van der Waals surface area contributed by atoms with E-state index in [9.17, 15) is 4.39 Å². The summed E-state index contributed by atoms with van der Waals surface area (Å²) in [5.41, 5.74) is 2.29. The Kier molecular flexibility index (Phi) is 3.70. The Labute approximate surface area is 99.4 Å². The van der Waals surface area contributed by atoms with Crippen LogP contribution in [-0.4, -0.2) is 41.0 Å². The second-order valence-corrected chi connectivity index (χ2v) is 4.19. The predicted octanol–water partition coefficient (Wildman–Crippen LogP) is 0.407. The number of nitrogens with zero attached hydrogens (tertiary/aromatic N) is 3. The molecule has 1 saturated heterocycles. The summed E-state index contributed by atoms with van der Waals surface area (Å²) in [5, 5.41) is 3.00. The van der Waals surface area contributed by atoms with Crippen LogP contribution in [0.25, 0.3) is 0 Å². The largest absolute Gasteiger partial charge is 0.366 e. The number of hydrogen-bond acceptors (Lipinski definition) is 6. The second-order valence-electron chi connectivity index (χ2n) is 4.19. The van der Waals surface area contributed by atoms with E-state index in [-0.39, 0.29) is 11.8 Å². The van der Waals surface area contributed by atoms with E-state index in [2.05, 4.69) is 32.7 Å². The Morgan fingerprint density at radius 3 is 3.12 bits per heavy atom. The Morgan fingerprint density at radius 2 is 2.47 bits per heavy atom. The summed E-state index contributed by atoms with van der Waals surface area (Å²) in [4.78, 5) is 9.86. The highest BCUT2D eigenvalue weighted by Gasteiger charge is 2.20. The quantitative estimate of drug-likeness (QED) is 0.522. The van der Waals surface area contributed by atoms with Gasteiger partial charge in [0.15, 0.2) is 11.6 Å². The van der Waals surface area contributed by atoms with Crippen molar-refractivity contribution in [3.05, 3.63) is 12.0 Å². The van der Waals surface area contributed by atoms with Crippen LogP contribution in [0.1, 0.15) is 12.8 Å². The van der Waals surface area contributed by atoms with Gasteiger partial charge >= 0.3 is 0 Å². The molecular formula is C10H17FN6. The third-order valence-electron chi connectivity index (χ3n) is 3.05. The van der Waals surface area contributed by atoms with Crippen LogP contribution in [0.5, 0.6) is 0 Å². The maximum absolute atomic E-state index is 13.4. The maximum atomic E-state index is 13.4. The van der Waals surface area contributed by atoms with Gasteiger partial charge in [0, 0.05) is 12.6 Å². The van der Waals surface area contributed by atoms with Crippen LogP contribution >= 0.6 is 0 Å². The van der Waals surface area contributed by atoms with Crippen LogP contribution in [0.15, 0.2) is 6.20 Å². The van der Waals surface area contributed by atoms with Gasteiger partial charge in [0.2, 0.25) is 5.95 Å². The monoisotopic (exact) mass is 240 g/mol. The molecule has 94 valence electrons. The molecule has 1 unspecified atom stereocenters. The van der Waals surface area contributed by atoms with Crippen molar-refractivity contribution in [3.8, 4) is 0 Å². The van der Waals surface area contributed by atoms with Gasteiger partial charge in [-0.05, 0) is 26.4 Å². The topological polar surface area (TPSA) is 79.1 Å². The molecule has 6 nitrogen and oxygen atoms in total. The smallest absolute Gasteiger partial charge is 0.239 e. The fourth-order valence-corrected chi connectivity index (χ4v) is 2.01. The number of nitrogens with two attached hydrogens (primary N) is 1. The Bertz CT molecular complexity index is 385. The predicted molar refractivity (Wildman–Crippen MR) is 63.9 cm³/mol. The molecule has 0 spiro atoms. The number of hydrazine groups is 1. The molecule has 0 saturated carbocycles. The lowest BCUT2D eigenvalue weighted by atomic mass is 10.2. The Balaban J connectivity index is 1.98. The normalized spacial score (nSPS) is 20.5. The third kappa shape index (κ3) is 2.80. The molecule has 1 atom stereocenters. The molecule has 0 aromatic carbocycles. The van der Waals surface area contributed by atoms with E-state index in [1.807, 2.05) is 0 Å². The maximum Gasteiger partial charge on any atom is 0.239 e. The number of nitrogen functional groups attached to an aromatic ring is 1. The van der Waals surface area contributed by atoms with Crippen LogP contribution in [-0.2, 0) is 0 Å². The molecule has 7 heteroatoms. The fraction of sp³-hybridized carbons (Fsp3) is 0.600. The first-order valence-corrected chi connectivity index (χ1v) is 5.64. The highest BCUT2D eigenvalue weighted by atomic mass is 19.1. The zero-order chi connectivity index (χ0) is 12.3. The minimum Gasteiger partial charge on any atom is -0.366 e. The van der Waals surface area contributed by atoms with E-state index < -0.39 is 5.82 Å². The van der Waals surface area contributed by atoms with E-state index in [0.29, 0.717) is 12.6 Å². The molecule has 4 N–H and O–H groups in total. The molecular weight excluding hydrogens is 223 g/mol. The standard InChI is InChI=1S/C10H17FN6/c1-17-4-2-3-7(17)5-13-9-8(11)6-14-10(15-9)16-12/h6-7H,2-5,12H2,1H3,(H2,13,14,15,16). The number of likely N-dealkylation sites (N-methyl/N-ethyl adjacent to an activating group) is 1. The van der Waals surface area contributed by atoms with Crippen molar-refractivity contribution >= 4 is 11.8 Å². The number of likely N-dealkylation sites (tertiary alicyclic amines) is 1. The van der Waals surface area contributed by atoms with Crippen LogP contribution in [0.3, 0.4) is 0 Å². The Hall–Kier alpha value is -1.47. The van der Waals surface area contributed by atoms with Gasteiger partial charge in [0.25, 0.3) is 0 Å². The van der Waals surface area contributed by atoms with Crippen LogP contribution in [0, 0.1) is 5.82 Å². The first-order chi connectivity index (χ1) is 8.20. The number of aromatic nitrogens is 2. The van der Waals surface area contributed by atoms with Gasteiger partial charge in [-0.25, -0.2) is 15.2 Å². The molecule has 1 fully saturated rings. The first kappa shape index (κ1) is 12.0. The summed E-state index contributed by atoms with van der Waals surface area (Å²) in [6, 6.07) is 0.429. The van der Waals surface area contributed by atoms with Gasteiger partial charge in [0.05, 0.1) is 6.20 Å². The minimum atomic E-state index is -0.468. The average molecular weight is 240 g/mol. The molecule has 0 amide bonds. The van der Waals surface area contributed by atoms with Crippen molar-refractivity contribution < 1.29 is 4.39 Å². The molecule has 2 rings (SSSR count). The minimum absolute atomic E-state index is 0.188. The van der Waals surface area contributed by atoms with Gasteiger partial charge in [-0.3, -0.25) is 5.43 Å². The summed E-state index contributed by atoms with van der Waals surface area (Å²) in [7, 11) is 2.07. The molecule has 0 radical (unpaired) electrons. The average Bonchev–Trinajstić information content (AvgIpc) is 2.74. The molecule has 17 heavy (non-hydrogen) atoms. The van der Waals surface area contributed by atoms with E-state index in [1.165, 1.54) is 6.42 Å². The molecule has 1 aromatic rings. The van der Waals surface area contributed by atoms with E-state index in [4.69, 9.17) is 5.84 Å². The van der Waals surface area contributed by atoms with E-state index in [1.54, 1.807) is 0 Å². The first-order valence-electron chi connectivity index (χ1n) is 5.64. The summed E-state index contributed by atoms with van der Waals surface area (Å²) >= 11 is 0. The number of nitrogens with one attached hydrogen (secondary N) is 2. The van der Waals surface area contributed by atoms with Crippen molar-refractivity contribution in [1.29, 1.82) is 0 Å². The molecule has 1 aromatic heterocycles. The highest BCUT2D eigenvalue weighted by Crippen LogP contribution is 2.16. The summed E-state index contributed by atoms with van der Waals surface area (Å²) in [5.74, 6) is 5.10. The van der Waals surface area contributed by atoms with Crippen molar-refractivity contribution in [2.45, 2.75) is 18.9 Å². The number of halogens is 1. The van der Waals surface area contributed by atoms with Gasteiger partial charge in [0.1, 0.15) is 0 Å². The fourth-order valence-electron chi connectivity index (χ4n) is 2.01. The number of hydrogen-bond donors (Lipinski definition) is 3. The molecule has 0 bridgehead atoms. The van der Waals surface area contributed by atoms with Crippen molar-refractivity contribution in [2.75, 3.05) is 30.9 Å². The molecule has 1 aliphatic heterocycles. The van der Waals surface area contributed by atoms with Gasteiger partial charge in [-0.2, -0.15) is 4.98 Å². The molecule has 2 heterocycles. The zero-order valence-electron chi connectivity index (χ0n) is 9.78. The second kappa shape index (κ2) is 5.24. The summed E-state index contributed by atoms with van der Waals surface area (Å²) < 4.78 is 13.4. The lowest BCUT2D eigenvalue weighted by Crippen LogP contribution is -2.32. The summed E-state index contributed by atoms with van der Waals surface area (Å²) in [6.07, 6.45) is 3.41. The van der Waals surface area contributed by atoms with Gasteiger partial charge in [-0.1, -0.05) is 0 Å². The van der Waals surface area contributed by atoms with E-state index in [0.717, 1.165) is 19.2 Å². The Morgan fingerprint density at radius 1 is 1.65 bits per heavy atom. The van der Waals surface area contributed by atoms with Crippen molar-refractivity contribution in [2.24, 2.45) is 5.84 Å².